The summed E-state index contributed by atoms with van der Waals surface area (Å²) in [5.74, 6) is 1.42. The largest absolute Gasteiger partial charge is 0.484 e. The molecule has 0 aliphatic rings. The van der Waals surface area contributed by atoms with E-state index in [9.17, 15) is 4.79 Å². The monoisotopic (exact) mass is 484 g/mol. The number of oxazole rings is 1. The van der Waals surface area contributed by atoms with Gasteiger partial charge in [0.2, 0.25) is 5.89 Å². The Bertz CT molecular complexity index is 1510. The molecular weight excluding hydrogens is 460 g/mol. The zero-order valence-corrected chi connectivity index (χ0v) is 20.3. The quantitative estimate of drug-likeness (QED) is 0.255. The van der Waals surface area contributed by atoms with Gasteiger partial charge in [-0.2, -0.15) is 0 Å². The normalized spacial score (nSPS) is 12.1. The third kappa shape index (κ3) is 4.86. The van der Waals surface area contributed by atoms with Gasteiger partial charge in [-0.1, -0.05) is 61.8 Å². The van der Waals surface area contributed by atoms with Crippen LogP contribution in [0.5, 0.6) is 5.75 Å². The number of amides is 1. The second kappa shape index (κ2) is 9.80. The molecule has 1 N–H and O–H groups in total. The highest BCUT2D eigenvalue weighted by atomic mass is 35.5. The minimum atomic E-state index is -0.247. The molecule has 176 valence electrons. The summed E-state index contributed by atoms with van der Waals surface area (Å²) >= 11 is 6.35. The van der Waals surface area contributed by atoms with E-state index >= 15 is 0 Å². The topological polar surface area (TPSA) is 64.4 Å². The second-order valence-electron chi connectivity index (χ2n) is 8.56. The minimum Gasteiger partial charge on any atom is -0.484 e. The van der Waals surface area contributed by atoms with E-state index in [0.717, 1.165) is 22.8 Å². The Balaban J connectivity index is 1.29. The standard InChI is InChI=1S/C29H25ClN2O3/c1-3-18(2)19-10-13-21(14-11-19)34-17-28(33)31-20-12-15-27-26(16-20)32-29(35-27)24-8-4-7-23-22(24)6-5-9-25(23)30/h4-16,18H,3,17H2,1-2H3,(H,31,33). The molecular formula is C29H25ClN2O3. The Morgan fingerprint density at radius 1 is 1.03 bits per heavy atom. The molecule has 0 aliphatic heterocycles. The molecule has 5 nitrogen and oxygen atoms in total. The van der Waals surface area contributed by atoms with Gasteiger partial charge in [0.05, 0.1) is 0 Å². The van der Waals surface area contributed by atoms with Crippen molar-refractivity contribution in [1.82, 2.24) is 4.98 Å². The Kier molecular flexibility index (Phi) is 6.43. The van der Waals surface area contributed by atoms with Crippen LogP contribution in [-0.2, 0) is 4.79 Å². The third-order valence-corrected chi connectivity index (χ3v) is 6.53. The van der Waals surface area contributed by atoms with Gasteiger partial charge in [0, 0.05) is 21.7 Å². The van der Waals surface area contributed by atoms with Gasteiger partial charge in [0.15, 0.2) is 12.2 Å². The fraction of sp³-hybridized carbons (Fsp3) is 0.172. The van der Waals surface area contributed by atoms with Crippen LogP contribution in [0.3, 0.4) is 0 Å². The van der Waals surface area contributed by atoms with Crippen LogP contribution in [0.4, 0.5) is 5.69 Å². The minimum absolute atomic E-state index is 0.0818. The zero-order valence-electron chi connectivity index (χ0n) is 19.5. The molecule has 6 heteroatoms. The van der Waals surface area contributed by atoms with Crippen LogP contribution in [-0.4, -0.2) is 17.5 Å². The van der Waals surface area contributed by atoms with Crippen molar-refractivity contribution < 1.29 is 13.9 Å². The second-order valence-corrected chi connectivity index (χ2v) is 8.96. The number of benzene rings is 4. The van der Waals surface area contributed by atoms with Crippen LogP contribution in [0.15, 0.2) is 83.3 Å². The Morgan fingerprint density at radius 2 is 1.80 bits per heavy atom. The number of carbonyl (C=O) groups excluding carboxylic acids is 1. The van der Waals surface area contributed by atoms with Gasteiger partial charge >= 0.3 is 0 Å². The molecule has 4 aromatic carbocycles. The highest BCUT2D eigenvalue weighted by Crippen LogP contribution is 2.34. The van der Waals surface area contributed by atoms with Crippen molar-refractivity contribution in [3.8, 4) is 17.2 Å². The molecule has 1 unspecified atom stereocenters. The number of anilines is 1. The fourth-order valence-corrected chi connectivity index (χ4v) is 4.29. The summed E-state index contributed by atoms with van der Waals surface area (Å²) in [6.45, 7) is 4.27. The number of fused-ring (bicyclic) bond motifs is 2. The number of aromatic nitrogens is 1. The highest BCUT2D eigenvalue weighted by Gasteiger charge is 2.14. The van der Waals surface area contributed by atoms with Gasteiger partial charge in [-0.3, -0.25) is 4.79 Å². The summed E-state index contributed by atoms with van der Waals surface area (Å²) in [5.41, 5.74) is 4.03. The molecule has 0 aliphatic carbocycles. The molecule has 5 aromatic rings. The van der Waals surface area contributed by atoms with Gasteiger partial charge < -0.3 is 14.5 Å². The third-order valence-electron chi connectivity index (χ3n) is 6.20. The van der Waals surface area contributed by atoms with E-state index in [1.807, 2.05) is 60.7 Å². The maximum Gasteiger partial charge on any atom is 0.262 e. The van der Waals surface area contributed by atoms with Crippen molar-refractivity contribution in [2.45, 2.75) is 26.2 Å². The maximum absolute atomic E-state index is 12.5. The van der Waals surface area contributed by atoms with Gasteiger partial charge in [-0.15, -0.1) is 0 Å². The molecule has 1 atom stereocenters. The zero-order chi connectivity index (χ0) is 24.4. The lowest BCUT2D eigenvalue weighted by molar-refractivity contribution is -0.118. The summed E-state index contributed by atoms with van der Waals surface area (Å²) in [7, 11) is 0. The van der Waals surface area contributed by atoms with Crippen molar-refractivity contribution in [1.29, 1.82) is 0 Å². The van der Waals surface area contributed by atoms with E-state index in [0.29, 0.717) is 39.4 Å². The Morgan fingerprint density at radius 3 is 2.60 bits per heavy atom. The number of rotatable bonds is 7. The van der Waals surface area contributed by atoms with E-state index in [-0.39, 0.29) is 12.5 Å². The molecule has 1 heterocycles. The first kappa shape index (κ1) is 22.9. The fourth-order valence-electron chi connectivity index (χ4n) is 4.05. The molecule has 1 amide bonds. The summed E-state index contributed by atoms with van der Waals surface area (Å²) in [6, 6.07) is 24.9. The number of hydrogen-bond acceptors (Lipinski definition) is 4. The van der Waals surface area contributed by atoms with Crippen LogP contribution >= 0.6 is 11.6 Å². The van der Waals surface area contributed by atoms with Crippen LogP contribution in [0.2, 0.25) is 5.02 Å². The molecule has 0 fully saturated rings. The predicted octanol–water partition coefficient (Wildman–Crippen LogP) is 7.83. The first-order chi connectivity index (χ1) is 17.0. The SMILES string of the molecule is CCC(C)c1ccc(OCC(=O)Nc2ccc3oc(-c4cccc5c(Cl)cccc45)nc3c2)cc1. The molecule has 5 rings (SSSR count). The number of hydrogen-bond donors (Lipinski definition) is 1. The molecule has 35 heavy (non-hydrogen) atoms. The lowest BCUT2D eigenvalue weighted by Crippen LogP contribution is -2.20. The first-order valence-corrected chi connectivity index (χ1v) is 12.0. The summed E-state index contributed by atoms with van der Waals surface area (Å²) < 4.78 is 11.7. The predicted molar refractivity (Wildman–Crippen MR) is 141 cm³/mol. The summed E-state index contributed by atoms with van der Waals surface area (Å²) in [4.78, 5) is 17.1. The van der Waals surface area contributed by atoms with Gasteiger partial charge in [0.25, 0.3) is 5.91 Å². The first-order valence-electron chi connectivity index (χ1n) is 11.6. The number of nitrogens with zero attached hydrogens (tertiary/aromatic N) is 1. The average Bonchev–Trinajstić information content (AvgIpc) is 3.30. The molecule has 0 saturated heterocycles. The Labute approximate surface area is 208 Å². The van der Waals surface area contributed by atoms with Crippen LogP contribution in [0.25, 0.3) is 33.3 Å². The number of carbonyl (C=O) groups is 1. The van der Waals surface area contributed by atoms with Crippen molar-refractivity contribution in [2.75, 3.05) is 11.9 Å². The van der Waals surface area contributed by atoms with Crippen molar-refractivity contribution in [2.24, 2.45) is 0 Å². The van der Waals surface area contributed by atoms with E-state index in [1.54, 1.807) is 18.2 Å². The lowest BCUT2D eigenvalue weighted by Gasteiger charge is -2.11. The smallest absolute Gasteiger partial charge is 0.262 e. The molecule has 0 saturated carbocycles. The molecule has 1 aromatic heterocycles. The van der Waals surface area contributed by atoms with Gasteiger partial charge in [-0.05, 0) is 65.8 Å². The van der Waals surface area contributed by atoms with Crippen molar-refractivity contribution >= 4 is 45.1 Å². The highest BCUT2D eigenvalue weighted by molar-refractivity contribution is 6.35. The van der Waals surface area contributed by atoms with Crippen LogP contribution in [0, 0.1) is 0 Å². The number of ether oxygens (including phenoxy) is 1. The molecule has 0 radical (unpaired) electrons. The van der Waals surface area contributed by atoms with Crippen LogP contribution in [0.1, 0.15) is 31.7 Å². The van der Waals surface area contributed by atoms with Crippen molar-refractivity contribution in [3.63, 3.8) is 0 Å². The number of nitrogens with one attached hydrogen (secondary N) is 1. The summed E-state index contributed by atoms with van der Waals surface area (Å²) in [6.07, 6.45) is 1.08. The van der Waals surface area contributed by atoms with E-state index < -0.39 is 0 Å². The van der Waals surface area contributed by atoms with Gasteiger partial charge in [-0.25, -0.2) is 4.98 Å². The van der Waals surface area contributed by atoms with E-state index in [4.69, 9.17) is 20.8 Å². The average molecular weight is 485 g/mol. The molecule has 0 spiro atoms. The Hall–Kier alpha value is -3.83. The maximum atomic E-state index is 12.5. The lowest BCUT2D eigenvalue weighted by atomic mass is 9.99. The van der Waals surface area contributed by atoms with Crippen LogP contribution < -0.4 is 10.1 Å². The van der Waals surface area contributed by atoms with E-state index in [1.165, 1.54) is 5.56 Å². The van der Waals surface area contributed by atoms with E-state index in [2.05, 4.69) is 24.1 Å². The van der Waals surface area contributed by atoms with Crippen molar-refractivity contribution in [3.05, 3.63) is 89.4 Å². The molecule has 0 bridgehead atoms. The van der Waals surface area contributed by atoms with Gasteiger partial charge in [0.1, 0.15) is 11.3 Å². The summed E-state index contributed by atoms with van der Waals surface area (Å²) in [5, 5.41) is 5.45. The number of halogens is 1.